The molecule has 0 aromatic carbocycles. The lowest BCUT2D eigenvalue weighted by molar-refractivity contribution is 0.567. The van der Waals surface area contributed by atoms with Gasteiger partial charge >= 0.3 is 5.69 Å². The fourth-order valence-corrected chi connectivity index (χ4v) is 1.27. The molecule has 0 aliphatic heterocycles. The second kappa shape index (κ2) is 5.38. The van der Waals surface area contributed by atoms with Crippen molar-refractivity contribution in [3.63, 3.8) is 0 Å². The van der Waals surface area contributed by atoms with Gasteiger partial charge in [-0.05, 0) is 18.8 Å². The van der Waals surface area contributed by atoms with Gasteiger partial charge in [0, 0.05) is 12.7 Å². The van der Waals surface area contributed by atoms with Crippen LogP contribution in [-0.4, -0.2) is 16.5 Å². The van der Waals surface area contributed by atoms with E-state index in [2.05, 4.69) is 29.1 Å². The smallest absolute Gasteiger partial charge is 0.325 e. The summed E-state index contributed by atoms with van der Waals surface area (Å²) in [5, 5.41) is 2.98. The summed E-state index contributed by atoms with van der Waals surface area (Å²) in [6.07, 6.45) is 3.53. The molecular formula is C10H17N3O2. The summed E-state index contributed by atoms with van der Waals surface area (Å²) in [7, 11) is 0. The van der Waals surface area contributed by atoms with Crippen molar-refractivity contribution < 1.29 is 0 Å². The van der Waals surface area contributed by atoms with E-state index in [9.17, 15) is 9.59 Å². The van der Waals surface area contributed by atoms with E-state index < -0.39 is 5.69 Å². The van der Waals surface area contributed by atoms with Gasteiger partial charge in [0.25, 0.3) is 5.56 Å². The van der Waals surface area contributed by atoms with Crippen LogP contribution in [0.25, 0.3) is 0 Å². The van der Waals surface area contributed by atoms with Crippen LogP contribution in [0.2, 0.25) is 0 Å². The van der Waals surface area contributed by atoms with E-state index >= 15 is 0 Å². The van der Waals surface area contributed by atoms with E-state index in [1.165, 1.54) is 6.20 Å². The van der Waals surface area contributed by atoms with Gasteiger partial charge in [0.05, 0.1) is 0 Å². The molecule has 0 bridgehead atoms. The van der Waals surface area contributed by atoms with Gasteiger partial charge in [0.2, 0.25) is 0 Å². The van der Waals surface area contributed by atoms with Crippen molar-refractivity contribution in [1.29, 1.82) is 0 Å². The number of hydrogen-bond donors (Lipinski definition) is 3. The van der Waals surface area contributed by atoms with Crippen LogP contribution < -0.4 is 16.6 Å². The Balaban J connectivity index is 2.45. The van der Waals surface area contributed by atoms with Crippen molar-refractivity contribution in [2.24, 2.45) is 5.92 Å². The van der Waals surface area contributed by atoms with Gasteiger partial charge < -0.3 is 10.3 Å². The zero-order chi connectivity index (χ0) is 11.3. The minimum atomic E-state index is -0.479. The molecule has 3 N–H and O–H groups in total. The van der Waals surface area contributed by atoms with Gasteiger partial charge in [-0.3, -0.25) is 9.78 Å². The maximum absolute atomic E-state index is 11.2. The minimum absolute atomic E-state index is 0.372. The van der Waals surface area contributed by atoms with Gasteiger partial charge in [-0.15, -0.1) is 0 Å². The van der Waals surface area contributed by atoms with Gasteiger partial charge in [-0.1, -0.05) is 13.8 Å². The second-order valence-corrected chi connectivity index (χ2v) is 3.95. The minimum Gasteiger partial charge on any atom is -0.379 e. The molecule has 0 aliphatic rings. The van der Waals surface area contributed by atoms with E-state index in [-0.39, 0.29) is 5.56 Å². The monoisotopic (exact) mass is 211 g/mol. The molecule has 5 heteroatoms. The van der Waals surface area contributed by atoms with E-state index in [4.69, 9.17) is 0 Å². The number of aromatic nitrogens is 2. The number of hydrogen-bond acceptors (Lipinski definition) is 3. The van der Waals surface area contributed by atoms with Crippen LogP contribution in [-0.2, 0) is 0 Å². The number of nitrogens with one attached hydrogen (secondary N) is 3. The maximum atomic E-state index is 11.2. The first-order chi connectivity index (χ1) is 7.09. The third kappa shape index (κ3) is 4.01. The van der Waals surface area contributed by atoms with Crippen LogP contribution >= 0.6 is 0 Å². The molecule has 5 nitrogen and oxygen atoms in total. The highest BCUT2D eigenvalue weighted by Gasteiger charge is 1.99. The Morgan fingerprint density at radius 1 is 1.40 bits per heavy atom. The average Bonchev–Trinajstić information content (AvgIpc) is 2.14. The van der Waals surface area contributed by atoms with Crippen LogP contribution in [0.4, 0.5) is 5.69 Å². The Labute approximate surface area is 87.9 Å². The summed E-state index contributed by atoms with van der Waals surface area (Å²) in [5.41, 5.74) is -0.436. The standard InChI is InChI=1S/C10H17N3O2/c1-7(2)4-3-5-11-8-6-12-10(15)13-9(8)14/h6-7,11H,3-5H2,1-2H3,(H2,12,13,14,15). The van der Waals surface area contributed by atoms with Crippen molar-refractivity contribution in [3.8, 4) is 0 Å². The zero-order valence-corrected chi connectivity index (χ0v) is 9.09. The molecule has 0 saturated carbocycles. The number of H-pyrrole nitrogens is 2. The van der Waals surface area contributed by atoms with E-state index in [1.54, 1.807) is 0 Å². The summed E-state index contributed by atoms with van der Waals surface area (Å²) in [6, 6.07) is 0. The highest BCUT2D eigenvalue weighted by Crippen LogP contribution is 2.03. The molecule has 1 aromatic rings. The molecule has 0 spiro atoms. The van der Waals surface area contributed by atoms with E-state index in [0.29, 0.717) is 11.6 Å². The summed E-state index contributed by atoms with van der Waals surface area (Å²) in [6.45, 7) is 5.06. The van der Waals surface area contributed by atoms with E-state index in [0.717, 1.165) is 19.4 Å². The van der Waals surface area contributed by atoms with Crippen molar-refractivity contribution in [1.82, 2.24) is 9.97 Å². The lowest BCUT2D eigenvalue weighted by atomic mass is 10.1. The third-order valence-electron chi connectivity index (χ3n) is 2.09. The van der Waals surface area contributed by atoms with Crippen LogP contribution in [0, 0.1) is 5.92 Å². The second-order valence-electron chi connectivity index (χ2n) is 3.95. The van der Waals surface area contributed by atoms with Gasteiger partial charge in [-0.25, -0.2) is 4.79 Å². The van der Waals surface area contributed by atoms with Crippen molar-refractivity contribution >= 4 is 5.69 Å². The fourth-order valence-electron chi connectivity index (χ4n) is 1.27. The van der Waals surface area contributed by atoms with Crippen molar-refractivity contribution in [3.05, 3.63) is 27.0 Å². The third-order valence-corrected chi connectivity index (χ3v) is 2.09. The molecule has 15 heavy (non-hydrogen) atoms. The molecule has 0 fully saturated rings. The predicted octanol–water partition coefficient (Wildman–Crippen LogP) is 0.911. The Kier molecular flexibility index (Phi) is 4.15. The van der Waals surface area contributed by atoms with Gasteiger partial charge in [0.15, 0.2) is 0 Å². The SMILES string of the molecule is CC(C)CCCNc1c[nH]c(=O)[nH]c1=O. The van der Waals surface area contributed by atoms with Crippen LogP contribution in [0.3, 0.4) is 0 Å². The Bertz CT molecular complexity index is 406. The molecule has 0 unspecified atom stereocenters. The fraction of sp³-hybridized carbons (Fsp3) is 0.600. The largest absolute Gasteiger partial charge is 0.379 e. The first kappa shape index (κ1) is 11.6. The number of rotatable bonds is 5. The molecule has 1 heterocycles. The van der Waals surface area contributed by atoms with Crippen LogP contribution in [0.1, 0.15) is 26.7 Å². The predicted molar refractivity (Wildman–Crippen MR) is 60.2 cm³/mol. The molecule has 1 aromatic heterocycles. The maximum Gasteiger partial charge on any atom is 0.325 e. The highest BCUT2D eigenvalue weighted by atomic mass is 16.2. The number of anilines is 1. The van der Waals surface area contributed by atoms with E-state index in [1.807, 2.05) is 0 Å². The van der Waals surface area contributed by atoms with Gasteiger partial charge in [0.1, 0.15) is 5.69 Å². The first-order valence-corrected chi connectivity index (χ1v) is 5.15. The Morgan fingerprint density at radius 2 is 2.13 bits per heavy atom. The molecule has 0 atom stereocenters. The van der Waals surface area contributed by atoms with Crippen LogP contribution in [0.5, 0.6) is 0 Å². The Hall–Kier alpha value is -1.52. The molecule has 0 aliphatic carbocycles. The molecule has 0 amide bonds. The van der Waals surface area contributed by atoms with Crippen molar-refractivity contribution in [2.75, 3.05) is 11.9 Å². The summed E-state index contributed by atoms with van der Waals surface area (Å²) in [5.74, 6) is 0.667. The topological polar surface area (TPSA) is 77.8 Å². The summed E-state index contributed by atoms with van der Waals surface area (Å²) in [4.78, 5) is 26.5. The van der Waals surface area contributed by atoms with Gasteiger partial charge in [-0.2, -0.15) is 0 Å². The molecule has 1 rings (SSSR count). The first-order valence-electron chi connectivity index (χ1n) is 5.15. The van der Waals surface area contributed by atoms with Crippen molar-refractivity contribution in [2.45, 2.75) is 26.7 Å². The summed E-state index contributed by atoms with van der Waals surface area (Å²) < 4.78 is 0. The normalized spacial score (nSPS) is 10.6. The summed E-state index contributed by atoms with van der Waals surface area (Å²) >= 11 is 0. The highest BCUT2D eigenvalue weighted by molar-refractivity contribution is 5.36. The lowest BCUT2D eigenvalue weighted by Crippen LogP contribution is -2.24. The molecule has 0 radical (unpaired) electrons. The molecular weight excluding hydrogens is 194 g/mol. The Morgan fingerprint density at radius 3 is 2.73 bits per heavy atom. The molecule has 84 valence electrons. The molecule has 0 saturated heterocycles. The lowest BCUT2D eigenvalue weighted by Gasteiger charge is -2.06. The number of aromatic amines is 2. The zero-order valence-electron chi connectivity index (χ0n) is 9.09. The van der Waals surface area contributed by atoms with Crippen LogP contribution in [0.15, 0.2) is 15.8 Å². The quantitative estimate of drug-likeness (QED) is 0.633. The average molecular weight is 211 g/mol.